The van der Waals surface area contributed by atoms with E-state index in [0.717, 1.165) is 42.9 Å². The second-order valence-corrected chi connectivity index (χ2v) is 6.03. The van der Waals surface area contributed by atoms with Crippen LogP contribution in [0.1, 0.15) is 43.5 Å². The number of cyclic esters (lactones) is 1. The lowest BCUT2D eigenvalue weighted by molar-refractivity contribution is -0.145. The minimum atomic E-state index is -0.128. The molecule has 0 aromatic carbocycles. The Morgan fingerprint density at radius 3 is 2.76 bits per heavy atom. The Balaban J connectivity index is 1.93. The van der Waals surface area contributed by atoms with Crippen LogP contribution >= 0.6 is 0 Å². The van der Waals surface area contributed by atoms with Crippen LogP contribution in [-0.4, -0.2) is 46.5 Å². The van der Waals surface area contributed by atoms with Crippen LogP contribution < -0.4 is 4.74 Å². The highest BCUT2D eigenvalue weighted by Gasteiger charge is 2.43. The lowest BCUT2D eigenvalue weighted by atomic mass is 10.0. The number of hydrogen-bond acceptors (Lipinski definition) is 5. The van der Waals surface area contributed by atoms with Crippen molar-refractivity contribution in [3.05, 3.63) is 11.3 Å². The maximum atomic E-state index is 12.1. The summed E-state index contributed by atoms with van der Waals surface area (Å²) in [5, 5.41) is 4.47. The van der Waals surface area contributed by atoms with Gasteiger partial charge in [-0.15, -0.1) is 0 Å². The largest absolute Gasteiger partial charge is 0.481 e. The average Bonchev–Trinajstić information content (AvgIpc) is 3.07. The molecule has 3 atom stereocenters. The highest BCUT2D eigenvalue weighted by atomic mass is 16.6. The summed E-state index contributed by atoms with van der Waals surface area (Å²) in [4.78, 5) is 14.4. The molecule has 6 heteroatoms. The molecule has 6 nitrogen and oxygen atoms in total. The van der Waals surface area contributed by atoms with Crippen molar-refractivity contribution in [3.63, 3.8) is 0 Å². The number of likely N-dealkylation sites (tertiary alicyclic amines) is 1. The Kier molecular flexibility index (Phi) is 3.65. The molecule has 0 spiro atoms. The number of carbonyl (C=O) groups excluding carboxylic acids is 1. The van der Waals surface area contributed by atoms with Crippen LogP contribution in [0.5, 0.6) is 5.88 Å². The molecule has 0 radical (unpaired) electrons. The van der Waals surface area contributed by atoms with Crippen LogP contribution in [0.25, 0.3) is 0 Å². The van der Waals surface area contributed by atoms with Crippen LogP contribution in [0.4, 0.5) is 0 Å². The molecular formula is C15H23N3O3. The fraction of sp³-hybridized carbons (Fsp3) is 0.733. The molecule has 116 valence electrons. The predicted octanol–water partition coefficient (Wildman–Crippen LogP) is 1.58. The SMILES string of the molecule is COc1c([C@@H]2CCCN2[C@@H]2C[C@H](C)OC2=O)c(C)nn1C. The van der Waals surface area contributed by atoms with Crippen LogP contribution in [0.15, 0.2) is 0 Å². The molecule has 0 amide bonds. The van der Waals surface area contributed by atoms with Crippen molar-refractivity contribution >= 4 is 5.97 Å². The van der Waals surface area contributed by atoms with Gasteiger partial charge in [0.05, 0.1) is 18.4 Å². The lowest BCUT2D eigenvalue weighted by Gasteiger charge is -2.28. The molecule has 2 saturated heterocycles. The number of nitrogens with zero attached hydrogens (tertiary/aromatic N) is 3. The minimum Gasteiger partial charge on any atom is -0.481 e. The highest BCUT2D eigenvalue weighted by molar-refractivity contribution is 5.78. The summed E-state index contributed by atoms with van der Waals surface area (Å²) in [6, 6.07) is 0.0633. The second kappa shape index (κ2) is 5.33. The molecule has 3 heterocycles. The normalized spacial score (nSPS) is 29.9. The Hall–Kier alpha value is -1.56. The van der Waals surface area contributed by atoms with Crippen molar-refractivity contribution in [1.29, 1.82) is 0 Å². The zero-order valence-corrected chi connectivity index (χ0v) is 13.1. The number of esters is 1. The second-order valence-electron chi connectivity index (χ2n) is 6.03. The van der Waals surface area contributed by atoms with Crippen molar-refractivity contribution in [3.8, 4) is 5.88 Å². The van der Waals surface area contributed by atoms with E-state index in [1.807, 2.05) is 20.9 Å². The fourth-order valence-corrected chi connectivity index (χ4v) is 3.76. The van der Waals surface area contributed by atoms with Gasteiger partial charge >= 0.3 is 5.97 Å². The summed E-state index contributed by atoms with van der Waals surface area (Å²) in [6.45, 7) is 4.89. The molecule has 0 unspecified atom stereocenters. The first-order valence-corrected chi connectivity index (χ1v) is 7.56. The van der Waals surface area contributed by atoms with Crippen molar-refractivity contribution < 1.29 is 14.3 Å². The molecule has 3 rings (SSSR count). The van der Waals surface area contributed by atoms with Gasteiger partial charge in [0.15, 0.2) is 0 Å². The van der Waals surface area contributed by atoms with Gasteiger partial charge in [-0.05, 0) is 33.2 Å². The summed E-state index contributed by atoms with van der Waals surface area (Å²) in [6.07, 6.45) is 2.90. The smallest absolute Gasteiger partial charge is 0.323 e. The number of hydrogen-bond donors (Lipinski definition) is 0. The maximum Gasteiger partial charge on any atom is 0.323 e. The molecule has 2 fully saturated rings. The molecule has 21 heavy (non-hydrogen) atoms. The molecule has 2 aliphatic heterocycles. The van der Waals surface area contributed by atoms with Gasteiger partial charge in [0.25, 0.3) is 0 Å². The highest BCUT2D eigenvalue weighted by Crippen LogP contribution is 2.41. The maximum absolute atomic E-state index is 12.1. The number of carbonyl (C=O) groups is 1. The summed E-state index contributed by atoms with van der Waals surface area (Å²) in [5.74, 6) is 0.707. The van der Waals surface area contributed by atoms with E-state index in [9.17, 15) is 4.79 Å². The first-order valence-electron chi connectivity index (χ1n) is 7.56. The van der Waals surface area contributed by atoms with Gasteiger partial charge in [-0.25, -0.2) is 4.68 Å². The van der Waals surface area contributed by atoms with E-state index in [2.05, 4.69) is 10.00 Å². The van der Waals surface area contributed by atoms with Crippen LogP contribution in [0.3, 0.4) is 0 Å². The number of methoxy groups -OCH3 is 1. The van der Waals surface area contributed by atoms with Gasteiger partial charge in [-0.2, -0.15) is 5.10 Å². The Labute approximate surface area is 125 Å². The van der Waals surface area contributed by atoms with Gasteiger partial charge < -0.3 is 9.47 Å². The Morgan fingerprint density at radius 2 is 2.14 bits per heavy atom. The van der Waals surface area contributed by atoms with Gasteiger partial charge in [0.1, 0.15) is 12.1 Å². The van der Waals surface area contributed by atoms with E-state index >= 15 is 0 Å². The lowest BCUT2D eigenvalue weighted by Crippen LogP contribution is -2.38. The standard InChI is InChI=1S/C15H23N3O3/c1-9-8-12(15(19)21-9)18-7-5-6-11(18)13-10(2)16-17(3)14(13)20-4/h9,11-12H,5-8H2,1-4H3/t9-,11-,12+/m0/s1. The van der Waals surface area contributed by atoms with Gasteiger partial charge in [-0.3, -0.25) is 9.69 Å². The number of ether oxygens (including phenoxy) is 2. The number of aromatic nitrogens is 2. The van der Waals surface area contributed by atoms with E-state index in [4.69, 9.17) is 9.47 Å². The van der Waals surface area contributed by atoms with Gasteiger partial charge in [-0.1, -0.05) is 0 Å². The van der Waals surface area contributed by atoms with Crippen LogP contribution in [-0.2, 0) is 16.6 Å². The zero-order valence-electron chi connectivity index (χ0n) is 13.1. The van der Waals surface area contributed by atoms with Crippen molar-refractivity contribution in [2.75, 3.05) is 13.7 Å². The summed E-state index contributed by atoms with van der Waals surface area (Å²) in [7, 11) is 3.56. The predicted molar refractivity (Wildman–Crippen MR) is 77.1 cm³/mol. The molecule has 0 N–H and O–H groups in total. The number of rotatable bonds is 3. The molecule has 0 aliphatic carbocycles. The monoisotopic (exact) mass is 293 g/mol. The van der Waals surface area contributed by atoms with Gasteiger partial charge in [0.2, 0.25) is 5.88 Å². The van der Waals surface area contributed by atoms with Crippen molar-refractivity contribution in [2.45, 2.75) is 51.3 Å². The van der Waals surface area contributed by atoms with Crippen molar-refractivity contribution in [2.24, 2.45) is 7.05 Å². The Bertz CT molecular complexity index is 555. The topological polar surface area (TPSA) is 56.6 Å². The van der Waals surface area contributed by atoms with Gasteiger partial charge in [0, 0.05) is 19.5 Å². The minimum absolute atomic E-state index is 0.0145. The van der Waals surface area contributed by atoms with Crippen LogP contribution in [0, 0.1) is 6.92 Å². The van der Waals surface area contributed by atoms with Crippen LogP contribution in [0.2, 0.25) is 0 Å². The molecule has 1 aromatic heterocycles. The molecule has 2 aliphatic rings. The fourth-order valence-electron chi connectivity index (χ4n) is 3.76. The quantitative estimate of drug-likeness (QED) is 0.792. The van der Waals surface area contributed by atoms with E-state index in [1.165, 1.54) is 0 Å². The first kappa shape index (κ1) is 14.4. The Morgan fingerprint density at radius 1 is 1.38 bits per heavy atom. The third-order valence-corrected chi connectivity index (χ3v) is 4.58. The van der Waals surface area contributed by atoms with E-state index < -0.39 is 0 Å². The average molecular weight is 293 g/mol. The van der Waals surface area contributed by atoms with Crippen molar-refractivity contribution in [1.82, 2.24) is 14.7 Å². The van der Waals surface area contributed by atoms with E-state index in [1.54, 1.807) is 11.8 Å². The third kappa shape index (κ3) is 2.31. The molecule has 0 saturated carbocycles. The molecular weight excluding hydrogens is 270 g/mol. The van der Waals surface area contributed by atoms with E-state index in [-0.39, 0.29) is 24.2 Å². The summed E-state index contributed by atoms with van der Waals surface area (Å²) in [5.41, 5.74) is 2.09. The zero-order chi connectivity index (χ0) is 15.1. The third-order valence-electron chi connectivity index (χ3n) is 4.58. The summed E-state index contributed by atoms with van der Waals surface area (Å²) >= 11 is 0. The summed E-state index contributed by atoms with van der Waals surface area (Å²) < 4.78 is 12.6. The molecule has 0 bridgehead atoms. The first-order chi connectivity index (χ1) is 10.0. The molecule has 1 aromatic rings. The number of aryl methyl sites for hydroxylation is 2. The van der Waals surface area contributed by atoms with E-state index in [0.29, 0.717) is 0 Å².